The highest BCUT2D eigenvalue weighted by Crippen LogP contribution is 2.63. The average molecular weight is 2040 g/mol. The smallest absolute Gasteiger partial charge is 0.417 e. The van der Waals surface area contributed by atoms with Gasteiger partial charge in [0, 0.05) is 119 Å². The van der Waals surface area contributed by atoms with E-state index in [-0.39, 0.29) is 76.5 Å². The fraction of sp³-hybridized carbons (Fsp3) is 0.387. The van der Waals surface area contributed by atoms with Crippen LogP contribution in [-0.4, -0.2) is 157 Å². The predicted octanol–water partition coefficient (Wildman–Crippen LogP) is 26.7. The normalized spacial score (nSPS) is 17.8. The minimum Gasteiger partial charge on any atom is -0.495 e. The van der Waals surface area contributed by atoms with Gasteiger partial charge in [-0.2, -0.15) is 26.3 Å². The van der Waals surface area contributed by atoms with Crippen LogP contribution in [0, 0.1) is 0 Å². The predicted molar refractivity (Wildman–Crippen MR) is 572 cm³/mol. The topological polar surface area (TPSA) is 192 Å². The van der Waals surface area contributed by atoms with E-state index in [4.69, 9.17) is 56.8 Å². The van der Waals surface area contributed by atoms with E-state index < -0.39 is 69.4 Å². The lowest BCUT2D eigenvalue weighted by Crippen LogP contribution is -2.37. The Kier molecular flexibility index (Phi) is 30.5. The van der Waals surface area contributed by atoms with Gasteiger partial charge in [0.25, 0.3) is 0 Å². The van der Waals surface area contributed by atoms with Crippen molar-refractivity contribution in [2.75, 3.05) is 152 Å². The number of carbonyl (C=O) groups is 4. The SMILES string of the molecule is COc1cc2c3c(c4c(c2cc1N1CCCCC1)-c1ccc(-c2ccccc2C(F)(F)F)cc1C4(C)C)C=CC(c1ccc(OCCOC(=O)CCC(=O)OCCCCCCCCCCOC(=O)CCC(=O)OCCOc2ccc(C4(c5ccc(N6CCOCC6)cc5)C=Cc5c6c(c7cc(N8CCCCC8)c(OC)cc7c5O4)-c4ccc(-c5ccccc5C(F)(F)F)cc4C6(C)C)cc2)cc1)(c1ccc(N2CCOCC2)cc1)O3. The maximum absolute atomic E-state index is 14.7. The summed E-state index contributed by atoms with van der Waals surface area (Å²) < 4.78 is 162. The molecule has 12 aromatic rings. The molecule has 20 rings (SSSR count). The Morgan fingerprint density at radius 3 is 1.04 bits per heavy atom. The lowest BCUT2D eigenvalue weighted by atomic mass is 9.76. The number of hydrogen-bond donors (Lipinski definition) is 0. The molecular weight excluding hydrogens is 1920 g/mol. The molecule has 4 saturated heterocycles. The Bertz CT molecular complexity index is 6620. The number of esters is 4. The highest BCUT2D eigenvalue weighted by atomic mass is 19.4. The molecule has 0 saturated carbocycles. The molecule has 26 heteroatoms. The van der Waals surface area contributed by atoms with Crippen LogP contribution in [0.4, 0.5) is 49.1 Å². The largest absolute Gasteiger partial charge is 0.495 e. The maximum Gasteiger partial charge on any atom is 0.417 e. The molecule has 8 aliphatic rings. The summed E-state index contributed by atoms with van der Waals surface area (Å²) in [6.07, 6.45) is 12.3. The molecular formula is C124H128F6N4O16. The standard InChI is InChI=1S/C124H128F6N4O16/c1-119(2)103-75-81(91-25-15-17-27-101(91)123(125,126)127)29-47-93(103)113-97-77-105(133-57-19-13-20-58-133)107(139-5)79-99(97)117-95(115(113)119)53-55-121(149-117,83-31-39-87(40-32-83)131-61-67-141-68-62-131)85-35-43-89(44-36-85)143-71-73-147-111(137)51-49-109(135)145-65-23-11-9-7-8-10-12-24-66-146-110(136)50-52-112(138)148-74-72-144-90-45-37-86(38-46-90)122(84-33-41-88(42-34-84)132-63-69-142-70-64-132)56-54-96-116-114(98-78-106(134-59-21-14-22-60-134)108(140-6)80-100(98)118(96)150-122)94-48-30-82(76-104(94)120(116,3)4)92-26-16-18-28-102(92)124(128,129)130/h15-18,25-48,53-56,75-80H,7-14,19-24,49-52,57-74H2,1-6H3. The molecule has 0 bridgehead atoms. The van der Waals surface area contributed by atoms with E-state index in [2.05, 4.69) is 144 Å². The van der Waals surface area contributed by atoms with Gasteiger partial charge in [0.1, 0.15) is 60.9 Å². The first-order valence-electron chi connectivity index (χ1n) is 53.0. The summed E-state index contributed by atoms with van der Waals surface area (Å²) in [5, 5.41) is 3.55. The van der Waals surface area contributed by atoms with Gasteiger partial charge in [-0.15, -0.1) is 0 Å². The van der Waals surface area contributed by atoms with Crippen LogP contribution in [0.1, 0.15) is 210 Å². The van der Waals surface area contributed by atoms with E-state index in [1.807, 2.05) is 84.9 Å². The van der Waals surface area contributed by atoms with Crippen LogP contribution >= 0.6 is 0 Å². The number of fused-ring (bicyclic) bond motifs is 16. The average Bonchev–Trinajstić information content (AvgIpc) is 1.49. The molecule has 6 aliphatic heterocycles. The van der Waals surface area contributed by atoms with Crippen LogP contribution in [0.2, 0.25) is 0 Å². The van der Waals surface area contributed by atoms with Gasteiger partial charge in [-0.3, -0.25) is 19.2 Å². The number of halogens is 6. The monoisotopic (exact) mass is 2040 g/mol. The minimum atomic E-state index is -4.56. The molecule has 0 N–H and O–H groups in total. The van der Waals surface area contributed by atoms with Crippen molar-refractivity contribution < 1.29 is 102 Å². The lowest BCUT2D eigenvalue weighted by molar-refractivity contribution is -0.150. The Balaban J connectivity index is 0.395. The van der Waals surface area contributed by atoms with Gasteiger partial charge in [-0.05, 0) is 238 Å². The van der Waals surface area contributed by atoms with Crippen LogP contribution in [0.15, 0.2) is 218 Å². The third kappa shape index (κ3) is 21.1. The number of morpholine rings is 2. The quantitative estimate of drug-likeness (QED) is 0.0154. The molecule has 12 aromatic carbocycles. The summed E-state index contributed by atoms with van der Waals surface area (Å²) in [6, 6.07) is 64.0. The first-order chi connectivity index (χ1) is 72.7. The number of ether oxygens (including phenoxy) is 12. The van der Waals surface area contributed by atoms with Crippen molar-refractivity contribution in [1.29, 1.82) is 0 Å². The van der Waals surface area contributed by atoms with Gasteiger partial charge in [-0.1, -0.05) is 188 Å². The van der Waals surface area contributed by atoms with Crippen molar-refractivity contribution in [3.05, 3.63) is 285 Å². The highest BCUT2D eigenvalue weighted by molar-refractivity contribution is 6.13. The second-order valence-corrected chi connectivity index (χ2v) is 41.2. The third-order valence-electron chi connectivity index (χ3n) is 31.1. The van der Waals surface area contributed by atoms with Crippen molar-refractivity contribution in [2.24, 2.45) is 0 Å². The number of benzene rings is 12. The van der Waals surface area contributed by atoms with Gasteiger partial charge in [0.2, 0.25) is 0 Å². The van der Waals surface area contributed by atoms with Gasteiger partial charge in [-0.25, -0.2) is 0 Å². The van der Waals surface area contributed by atoms with E-state index in [9.17, 15) is 45.5 Å². The molecule has 150 heavy (non-hydrogen) atoms. The molecule has 0 spiro atoms. The molecule has 0 aromatic heterocycles. The molecule has 0 amide bonds. The number of unbranched alkanes of at least 4 members (excludes halogenated alkanes) is 7. The summed E-state index contributed by atoms with van der Waals surface area (Å²) in [7, 11) is 3.39. The number of methoxy groups -OCH3 is 2. The zero-order valence-electron chi connectivity index (χ0n) is 86.0. The number of carbonyl (C=O) groups excluding carboxylic acids is 4. The van der Waals surface area contributed by atoms with Crippen LogP contribution in [0.25, 0.3) is 78.2 Å². The fourth-order valence-corrected chi connectivity index (χ4v) is 23.4. The van der Waals surface area contributed by atoms with Crippen molar-refractivity contribution in [1.82, 2.24) is 0 Å². The lowest BCUT2D eigenvalue weighted by Gasteiger charge is -2.39. The zero-order valence-corrected chi connectivity index (χ0v) is 86.0. The Labute approximate surface area is 871 Å². The van der Waals surface area contributed by atoms with Crippen molar-refractivity contribution >= 4 is 80.3 Å². The summed E-state index contributed by atoms with van der Waals surface area (Å²) >= 11 is 0. The number of rotatable bonds is 37. The second-order valence-electron chi connectivity index (χ2n) is 41.2. The van der Waals surface area contributed by atoms with E-state index in [1.54, 1.807) is 38.5 Å². The third-order valence-corrected chi connectivity index (χ3v) is 31.1. The highest BCUT2D eigenvalue weighted by Gasteiger charge is 2.49. The van der Waals surface area contributed by atoms with Gasteiger partial charge < -0.3 is 76.4 Å². The summed E-state index contributed by atoms with van der Waals surface area (Å²) in [6.45, 7) is 18.1. The Morgan fingerprint density at radius 1 is 0.347 bits per heavy atom. The van der Waals surface area contributed by atoms with Crippen LogP contribution < -0.4 is 48.0 Å². The first kappa shape index (κ1) is 103. The molecule has 0 radical (unpaired) electrons. The van der Waals surface area contributed by atoms with E-state index in [1.165, 1.54) is 12.1 Å². The number of piperidine rings is 2. The molecule has 2 aliphatic carbocycles. The molecule has 20 nitrogen and oxygen atoms in total. The minimum absolute atomic E-state index is 0.0506. The van der Waals surface area contributed by atoms with Gasteiger partial charge in [0.15, 0.2) is 11.2 Å². The maximum atomic E-state index is 14.7. The summed E-state index contributed by atoms with van der Waals surface area (Å²) in [5.41, 5.74) is 12.9. The van der Waals surface area contributed by atoms with Crippen LogP contribution in [-0.2, 0) is 82.0 Å². The molecule has 2 atom stereocenters. The Hall–Kier alpha value is -14.0. The van der Waals surface area contributed by atoms with E-state index in [0.29, 0.717) is 84.9 Å². The summed E-state index contributed by atoms with van der Waals surface area (Å²) in [4.78, 5) is 60.7. The number of hydrogen-bond acceptors (Lipinski definition) is 20. The molecule has 6 heterocycles. The number of nitrogens with zero attached hydrogens (tertiary/aromatic N) is 4. The van der Waals surface area contributed by atoms with Crippen molar-refractivity contribution in [3.63, 3.8) is 0 Å². The van der Waals surface area contributed by atoms with E-state index in [0.717, 1.165) is 264 Å². The van der Waals surface area contributed by atoms with Crippen molar-refractivity contribution in [3.8, 4) is 79.0 Å². The zero-order chi connectivity index (χ0) is 104. The number of anilines is 4. The van der Waals surface area contributed by atoms with E-state index >= 15 is 0 Å². The van der Waals surface area contributed by atoms with Gasteiger partial charge in [0.05, 0.1) is 102 Å². The van der Waals surface area contributed by atoms with Crippen LogP contribution in [0.5, 0.6) is 34.5 Å². The fourth-order valence-electron chi connectivity index (χ4n) is 23.4. The van der Waals surface area contributed by atoms with Crippen molar-refractivity contribution in [2.45, 2.75) is 178 Å². The molecule has 2 unspecified atom stereocenters. The summed E-state index contributed by atoms with van der Waals surface area (Å²) in [5.74, 6) is 1.71. The Morgan fingerprint density at radius 2 is 0.687 bits per heavy atom. The van der Waals surface area contributed by atoms with Crippen LogP contribution in [0.3, 0.4) is 0 Å². The number of alkyl halides is 6. The molecule has 782 valence electrons. The molecule has 4 fully saturated rings. The second kappa shape index (κ2) is 44.3. The van der Waals surface area contributed by atoms with Gasteiger partial charge >= 0.3 is 36.2 Å². The first-order valence-corrected chi connectivity index (χ1v) is 53.0.